The zero-order chi connectivity index (χ0) is 14.5. The van der Waals surface area contributed by atoms with Crippen LogP contribution in [0.25, 0.3) is 0 Å². The third kappa shape index (κ3) is 2.51. The maximum absolute atomic E-state index is 12.9. The van der Waals surface area contributed by atoms with Gasteiger partial charge in [-0.1, -0.05) is 0 Å². The molecule has 20 heavy (non-hydrogen) atoms. The van der Waals surface area contributed by atoms with Gasteiger partial charge in [0.25, 0.3) is 10.2 Å². The van der Waals surface area contributed by atoms with Gasteiger partial charge in [0, 0.05) is 38.3 Å². The summed E-state index contributed by atoms with van der Waals surface area (Å²) in [5.41, 5.74) is 0. The van der Waals surface area contributed by atoms with Gasteiger partial charge in [-0.3, -0.25) is 4.90 Å². The van der Waals surface area contributed by atoms with Gasteiger partial charge in [-0.05, 0) is 52.0 Å². The van der Waals surface area contributed by atoms with Crippen LogP contribution in [0.3, 0.4) is 0 Å². The van der Waals surface area contributed by atoms with Crippen molar-refractivity contribution in [1.29, 1.82) is 0 Å². The van der Waals surface area contributed by atoms with Gasteiger partial charge in [0.15, 0.2) is 0 Å². The smallest absolute Gasteiger partial charge is 0.282 e. The van der Waals surface area contributed by atoms with Crippen LogP contribution in [0.4, 0.5) is 0 Å². The first-order valence-electron chi connectivity index (χ1n) is 7.90. The van der Waals surface area contributed by atoms with Gasteiger partial charge in [-0.15, -0.1) is 0 Å². The monoisotopic (exact) mass is 301 g/mol. The van der Waals surface area contributed by atoms with Crippen LogP contribution >= 0.6 is 0 Å². The molecule has 0 N–H and O–H groups in total. The topological polar surface area (TPSA) is 43.9 Å². The van der Waals surface area contributed by atoms with Crippen LogP contribution in [-0.4, -0.2) is 66.7 Å². The van der Waals surface area contributed by atoms with Gasteiger partial charge in [0.2, 0.25) is 0 Å². The second kappa shape index (κ2) is 5.23. The molecule has 3 aliphatic rings. The first kappa shape index (κ1) is 14.8. The predicted octanol–water partition coefficient (Wildman–Crippen LogP) is 1.13. The normalized spacial score (nSPS) is 34.4. The minimum atomic E-state index is -3.31. The Balaban J connectivity index is 1.75. The summed E-state index contributed by atoms with van der Waals surface area (Å²) in [6.07, 6.45) is 4.69. The van der Waals surface area contributed by atoms with Gasteiger partial charge in [0.05, 0.1) is 0 Å². The molecule has 0 spiro atoms. The molecule has 1 aliphatic carbocycles. The minimum Gasteiger partial charge on any atom is -0.297 e. The van der Waals surface area contributed by atoms with Gasteiger partial charge < -0.3 is 0 Å². The lowest BCUT2D eigenvalue weighted by atomic mass is 10.1. The van der Waals surface area contributed by atoms with Crippen molar-refractivity contribution < 1.29 is 8.42 Å². The lowest BCUT2D eigenvalue weighted by molar-refractivity contribution is 0.110. The molecule has 3 rings (SSSR count). The number of rotatable bonds is 4. The quantitative estimate of drug-likeness (QED) is 0.782. The molecule has 6 heteroatoms. The third-order valence-electron chi connectivity index (χ3n) is 5.42. The van der Waals surface area contributed by atoms with Crippen LogP contribution in [-0.2, 0) is 10.2 Å². The van der Waals surface area contributed by atoms with E-state index in [0.29, 0.717) is 18.5 Å². The maximum Gasteiger partial charge on any atom is 0.282 e. The molecule has 116 valence electrons. The molecule has 0 unspecified atom stereocenters. The van der Waals surface area contributed by atoms with E-state index >= 15 is 0 Å². The Bertz CT molecular complexity index is 463. The lowest BCUT2D eigenvalue weighted by Gasteiger charge is -2.43. The van der Waals surface area contributed by atoms with Gasteiger partial charge in [-0.2, -0.15) is 17.0 Å². The van der Waals surface area contributed by atoms with Crippen molar-refractivity contribution in [3.8, 4) is 0 Å². The average molecular weight is 301 g/mol. The van der Waals surface area contributed by atoms with E-state index in [1.165, 1.54) is 19.3 Å². The van der Waals surface area contributed by atoms with Crippen molar-refractivity contribution in [1.82, 2.24) is 13.5 Å². The van der Waals surface area contributed by atoms with E-state index in [2.05, 4.69) is 4.90 Å². The van der Waals surface area contributed by atoms with Crippen LogP contribution in [0.15, 0.2) is 0 Å². The van der Waals surface area contributed by atoms with Crippen molar-refractivity contribution in [3.63, 3.8) is 0 Å². The van der Waals surface area contributed by atoms with Crippen molar-refractivity contribution in [3.05, 3.63) is 0 Å². The fourth-order valence-corrected chi connectivity index (χ4v) is 5.54. The van der Waals surface area contributed by atoms with Crippen molar-refractivity contribution in [2.24, 2.45) is 5.92 Å². The minimum absolute atomic E-state index is 0.0863. The van der Waals surface area contributed by atoms with Gasteiger partial charge in [-0.25, -0.2) is 0 Å². The first-order valence-corrected chi connectivity index (χ1v) is 9.30. The second-order valence-electron chi connectivity index (χ2n) is 6.81. The molecule has 0 aromatic carbocycles. The summed E-state index contributed by atoms with van der Waals surface area (Å²) in [6, 6.07) is 0.655. The summed E-state index contributed by atoms with van der Waals surface area (Å²) in [7, 11) is -1.56. The number of nitrogens with zero attached hydrogens (tertiary/aromatic N) is 3. The molecule has 5 nitrogen and oxygen atoms in total. The second-order valence-corrected chi connectivity index (χ2v) is 8.75. The highest BCUT2D eigenvalue weighted by molar-refractivity contribution is 7.86. The molecule has 0 bridgehead atoms. The van der Waals surface area contributed by atoms with Crippen LogP contribution < -0.4 is 0 Å². The molecule has 2 aliphatic heterocycles. The summed E-state index contributed by atoms with van der Waals surface area (Å²) in [4.78, 5) is 2.46. The van der Waals surface area contributed by atoms with E-state index in [4.69, 9.17) is 0 Å². The van der Waals surface area contributed by atoms with Crippen LogP contribution in [0, 0.1) is 5.92 Å². The number of hydrogen-bond donors (Lipinski definition) is 0. The highest BCUT2D eigenvalue weighted by atomic mass is 32.2. The summed E-state index contributed by atoms with van der Waals surface area (Å²) < 4.78 is 29.1. The Morgan fingerprint density at radius 3 is 2.55 bits per heavy atom. The van der Waals surface area contributed by atoms with Gasteiger partial charge >= 0.3 is 0 Å². The predicted molar refractivity (Wildman–Crippen MR) is 79.6 cm³/mol. The number of hydrogen-bond acceptors (Lipinski definition) is 3. The molecule has 0 aromatic rings. The standard InChI is InChI=1S/C14H27N3O2S/c1-11-9-16-8-4-5-14(16)10-17(11)20(18,19)15(3)12(2)13-6-7-13/h11-14H,4-10H2,1-3H3/t11-,12-,14+/m1/s1. The summed E-state index contributed by atoms with van der Waals surface area (Å²) in [5, 5.41) is 0. The van der Waals surface area contributed by atoms with Gasteiger partial charge in [0.1, 0.15) is 0 Å². The zero-order valence-corrected chi connectivity index (χ0v) is 13.6. The highest BCUT2D eigenvalue weighted by Gasteiger charge is 2.44. The first-order chi connectivity index (χ1) is 9.41. The summed E-state index contributed by atoms with van der Waals surface area (Å²) in [5.74, 6) is 0.567. The van der Waals surface area contributed by atoms with E-state index < -0.39 is 10.2 Å². The number of fused-ring (bicyclic) bond motifs is 1. The molecule has 0 radical (unpaired) electrons. The Labute approximate surface area is 123 Å². The van der Waals surface area contributed by atoms with Crippen LogP contribution in [0.5, 0.6) is 0 Å². The molecule has 3 atom stereocenters. The Morgan fingerprint density at radius 2 is 1.90 bits per heavy atom. The molecule has 2 heterocycles. The molecular formula is C14H27N3O2S. The average Bonchev–Trinajstić information content (AvgIpc) is 3.15. The van der Waals surface area contributed by atoms with E-state index in [-0.39, 0.29) is 12.1 Å². The van der Waals surface area contributed by atoms with E-state index in [9.17, 15) is 8.42 Å². The van der Waals surface area contributed by atoms with Crippen molar-refractivity contribution in [2.45, 2.75) is 57.7 Å². The van der Waals surface area contributed by atoms with Crippen molar-refractivity contribution in [2.75, 3.05) is 26.7 Å². The molecule has 1 saturated carbocycles. The van der Waals surface area contributed by atoms with E-state index in [0.717, 1.165) is 19.5 Å². The number of piperazine rings is 1. The lowest BCUT2D eigenvalue weighted by Crippen LogP contribution is -2.60. The van der Waals surface area contributed by atoms with Crippen LogP contribution in [0.2, 0.25) is 0 Å². The summed E-state index contributed by atoms with van der Waals surface area (Å²) in [6.45, 7) is 6.78. The Hall–Kier alpha value is -0.170. The molecule has 2 saturated heterocycles. The maximum atomic E-state index is 12.9. The van der Waals surface area contributed by atoms with E-state index in [1.807, 2.05) is 13.8 Å². The van der Waals surface area contributed by atoms with Crippen molar-refractivity contribution >= 4 is 10.2 Å². The van der Waals surface area contributed by atoms with Crippen LogP contribution in [0.1, 0.15) is 39.5 Å². The molecule has 0 aromatic heterocycles. The molecular weight excluding hydrogens is 274 g/mol. The van der Waals surface area contributed by atoms with E-state index in [1.54, 1.807) is 15.7 Å². The summed E-state index contributed by atoms with van der Waals surface area (Å²) >= 11 is 0. The highest BCUT2D eigenvalue weighted by Crippen LogP contribution is 2.36. The fourth-order valence-electron chi connectivity index (χ4n) is 3.73. The molecule has 3 fully saturated rings. The largest absolute Gasteiger partial charge is 0.297 e. The molecule has 0 amide bonds. The zero-order valence-electron chi connectivity index (χ0n) is 12.8. The SMILES string of the molecule is C[C@H](C1CC1)N(C)S(=O)(=O)N1C[C@@H]2CCCN2C[C@H]1C. The Kier molecular flexibility index (Phi) is 3.86. The fraction of sp³-hybridized carbons (Fsp3) is 1.00. The third-order valence-corrected chi connectivity index (χ3v) is 7.58. The Morgan fingerprint density at radius 1 is 1.20 bits per heavy atom.